The Labute approximate surface area is 352 Å². The van der Waals surface area contributed by atoms with Gasteiger partial charge in [-0.2, -0.15) is 0 Å². The van der Waals surface area contributed by atoms with Crippen molar-refractivity contribution in [2.24, 2.45) is 11.8 Å². The Morgan fingerprint density at radius 3 is 1.62 bits per heavy atom. The van der Waals surface area contributed by atoms with Gasteiger partial charge < -0.3 is 49.7 Å². The van der Waals surface area contributed by atoms with Crippen LogP contribution in [0.2, 0.25) is 0 Å². The Morgan fingerprint density at radius 2 is 1.11 bits per heavy atom. The summed E-state index contributed by atoms with van der Waals surface area (Å²) in [6.07, 6.45) is 3.87. The van der Waals surface area contributed by atoms with Crippen LogP contribution in [0, 0.1) is 11.8 Å². The summed E-state index contributed by atoms with van der Waals surface area (Å²) in [5, 5.41) is 16.6. The summed E-state index contributed by atoms with van der Waals surface area (Å²) < 4.78 is 15.6. The fourth-order valence-electron chi connectivity index (χ4n) is 9.45. The first-order valence-electron chi connectivity index (χ1n) is 20.7. The Bertz CT molecular complexity index is 2480. The van der Waals surface area contributed by atoms with Crippen molar-refractivity contribution >= 4 is 34.8 Å². The summed E-state index contributed by atoms with van der Waals surface area (Å²) in [4.78, 5) is 71.3. The number of methoxy groups -OCH3 is 3. The number of benzene rings is 3. The number of aromatic nitrogens is 4. The molecule has 2 aromatic heterocycles. The first-order chi connectivity index (χ1) is 29.5. The zero-order valence-electron chi connectivity index (χ0n) is 34.6. The summed E-state index contributed by atoms with van der Waals surface area (Å²) in [6.45, 7) is 3.44. The number of hydrogen-bond donors (Lipinski definition) is 5. The highest BCUT2D eigenvalue weighted by Crippen LogP contribution is 2.54. The van der Waals surface area contributed by atoms with Crippen LogP contribution < -0.4 is 10.6 Å². The van der Waals surface area contributed by atoms with E-state index in [1.54, 1.807) is 31.1 Å². The van der Waals surface area contributed by atoms with E-state index in [-0.39, 0.29) is 36.0 Å². The van der Waals surface area contributed by atoms with E-state index in [1.807, 2.05) is 4.90 Å². The van der Waals surface area contributed by atoms with Crippen molar-refractivity contribution in [3.05, 3.63) is 84.7 Å². The lowest BCUT2D eigenvalue weighted by atomic mass is 9.98. The molecule has 10 atom stereocenters. The molecule has 2 saturated carbocycles. The molecule has 0 unspecified atom stereocenters. The average Bonchev–Trinajstić information content (AvgIpc) is 3.86. The molecule has 2 saturated heterocycles. The molecule has 16 nitrogen and oxygen atoms in total. The second kappa shape index (κ2) is 16.0. The number of carbonyl (C=O) groups excluding carboxylic acids is 3. The van der Waals surface area contributed by atoms with E-state index in [9.17, 15) is 24.3 Å². The van der Waals surface area contributed by atoms with E-state index in [0.29, 0.717) is 23.5 Å². The van der Waals surface area contributed by atoms with Crippen LogP contribution in [-0.2, 0) is 23.8 Å². The van der Waals surface area contributed by atoms with Crippen molar-refractivity contribution in [2.45, 2.75) is 88.0 Å². The van der Waals surface area contributed by atoms with Crippen LogP contribution in [-0.4, -0.2) is 117 Å². The van der Waals surface area contributed by atoms with Gasteiger partial charge in [-0.05, 0) is 91.0 Å². The number of H-pyrrole nitrogens is 2. The number of nitrogens with one attached hydrogen (secondary N) is 4. The molecule has 318 valence electrons. The highest BCUT2D eigenvalue weighted by molar-refractivity contribution is 5.91. The van der Waals surface area contributed by atoms with Crippen molar-refractivity contribution in [1.82, 2.24) is 40.4 Å². The summed E-state index contributed by atoms with van der Waals surface area (Å²) in [7, 11) is 4.24. The number of fused-ring (bicyclic) bond motifs is 3. The zero-order valence-corrected chi connectivity index (χ0v) is 34.6. The van der Waals surface area contributed by atoms with Gasteiger partial charge in [0.05, 0.1) is 55.2 Å². The number of amides is 4. The van der Waals surface area contributed by atoms with Gasteiger partial charge in [0.25, 0.3) is 0 Å². The minimum atomic E-state index is -1.27. The molecule has 4 amide bonds. The predicted octanol–water partition coefficient (Wildman–Crippen LogP) is 6.04. The van der Waals surface area contributed by atoms with Crippen molar-refractivity contribution in [3.8, 4) is 33.6 Å². The maximum atomic E-state index is 13.9. The molecule has 2 aliphatic carbocycles. The average molecular weight is 831 g/mol. The van der Waals surface area contributed by atoms with Gasteiger partial charge in [0, 0.05) is 31.9 Å². The smallest absolute Gasteiger partial charge is 0.407 e. The number of alkyl carbamates (subject to hydrolysis) is 1. The second-order valence-corrected chi connectivity index (χ2v) is 16.8. The zero-order chi connectivity index (χ0) is 42.7. The number of aromatic amines is 2. The van der Waals surface area contributed by atoms with E-state index >= 15 is 0 Å². The lowest BCUT2D eigenvalue weighted by molar-refractivity contribution is -0.139. The van der Waals surface area contributed by atoms with Crippen molar-refractivity contribution in [1.29, 1.82) is 0 Å². The normalized spacial score (nSPS) is 24.3. The highest BCUT2D eigenvalue weighted by atomic mass is 16.5. The van der Waals surface area contributed by atoms with E-state index in [2.05, 4.69) is 81.3 Å². The number of carbonyl (C=O) groups is 4. The highest BCUT2D eigenvalue weighted by Gasteiger charge is 2.57. The van der Waals surface area contributed by atoms with Gasteiger partial charge in [0.2, 0.25) is 11.8 Å². The number of carboxylic acid groups (broad SMARTS) is 1. The third-order valence-electron chi connectivity index (χ3n) is 13.2. The van der Waals surface area contributed by atoms with Gasteiger partial charge in [0.1, 0.15) is 23.7 Å². The molecule has 4 fully saturated rings. The first-order valence-corrected chi connectivity index (χ1v) is 20.7. The lowest BCUT2D eigenvalue weighted by Crippen LogP contribution is -2.54. The van der Waals surface area contributed by atoms with Gasteiger partial charge in [-0.1, -0.05) is 48.5 Å². The van der Waals surface area contributed by atoms with Gasteiger partial charge in [0.15, 0.2) is 0 Å². The molecule has 5 N–H and O–H groups in total. The Morgan fingerprint density at radius 1 is 0.656 bits per heavy atom. The molecule has 4 heterocycles. The molecule has 0 bridgehead atoms. The third-order valence-corrected chi connectivity index (χ3v) is 13.2. The number of piperidine rings is 2. The number of rotatable bonds is 13. The number of likely N-dealkylation sites (tertiary alicyclic amines) is 2. The molecular weight excluding hydrogens is 781 g/mol. The first kappa shape index (κ1) is 40.2. The monoisotopic (exact) mass is 830 g/mol. The molecule has 16 heteroatoms. The molecular formula is C45H50N8O8. The van der Waals surface area contributed by atoms with Gasteiger partial charge >= 0.3 is 12.2 Å². The number of imidazole rings is 2. The SMILES string of the molecule is COC(=O)N[C@H](C(=O)N1[C@@H]2C[C@@H]2C[C@H]1c1ncc(-c2ccc(-c3ccc4cc(-c5cnc([C@@H]6C[C@H]7C[C@H]7N6C(=O)[C@@H](NC(=O)O)[C@@H](C)OC)[nH]5)ccc4c3)cc2)[nH]1)[C@@H](C)OC. The van der Waals surface area contributed by atoms with E-state index in [1.165, 1.54) is 21.3 Å². The maximum absolute atomic E-state index is 13.9. The van der Waals surface area contributed by atoms with E-state index < -0.39 is 36.5 Å². The van der Waals surface area contributed by atoms with E-state index in [4.69, 9.17) is 24.2 Å². The Hall–Kier alpha value is -6.26. The third kappa shape index (κ3) is 7.58. The van der Waals surface area contributed by atoms with Gasteiger partial charge in [-0.3, -0.25) is 9.59 Å². The Kier molecular flexibility index (Phi) is 10.5. The quantitative estimate of drug-likeness (QED) is 0.0931. The minimum Gasteiger partial charge on any atom is -0.465 e. The fourth-order valence-corrected chi connectivity index (χ4v) is 9.45. The topological polar surface area (TPSA) is 204 Å². The van der Waals surface area contributed by atoms with Crippen molar-refractivity contribution < 1.29 is 38.5 Å². The number of hydrogen-bond acceptors (Lipinski definition) is 9. The molecule has 3 aromatic carbocycles. The van der Waals surface area contributed by atoms with Crippen LogP contribution in [0.4, 0.5) is 9.59 Å². The molecule has 0 radical (unpaired) electrons. The van der Waals surface area contributed by atoms with Crippen molar-refractivity contribution in [2.75, 3.05) is 21.3 Å². The summed E-state index contributed by atoms with van der Waals surface area (Å²) in [5.41, 5.74) is 5.75. The maximum Gasteiger partial charge on any atom is 0.407 e. The van der Waals surface area contributed by atoms with Crippen LogP contribution in [0.5, 0.6) is 0 Å². The van der Waals surface area contributed by atoms with Crippen LogP contribution >= 0.6 is 0 Å². The molecule has 9 rings (SSSR count). The van der Waals surface area contributed by atoms with Crippen LogP contribution in [0.25, 0.3) is 44.4 Å². The largest absolute Gasteiger partial charge is 0.465 e. The molecule has 61 heavy (non-hydrogen) atoms. The van der Waals surface area contributed by atoms with Crippen LogP contribution in [0.15, 0.2) is 73.1 Å². The standard InChI is InChI=1S/C45H50N8O8/c1-22(59-3)38(50-44(56)57)42(54)52-34-16-30(34)19-37(52)41-47-21-33(49-41)29-13-12-27-14-26(10-11-28(27)15-29)24-6-8-25(9-7-24)32-20-46-40(48-32)36-18-31-17-35(31)53(36)43(55)39(23(2)60-4)51-45(58)61-5/h6-15,20-23,30-31,34-39,50H,16-19H2,1-5H3,(H,46,48)(H,47,49)(H,51,58)(H,56,57)/t22-,23-,30-,31-,34-,35-,36+,37+,38+,39+/m1/s1. The van der Waals surface area contributed by atoms with Crippen LogP contribution in [0.3, 0.4) is 0 Å². The number of nitrogens with zero attached hydrogens (tertiary/aromatic N) is 4. The van der Waals surface area contributed by atoms with E-state index in [0.717, 1.165) is 70.1 Å². The second-order valence-electron chi connectivity index (χ2n) is 16.8. The Balaban J connectivity index is 0.882. The molecule has 0 spiro atoms. The molecule has 2 aliphatic heterocycles. The fraction of sp³-hybridized carbons (Fsp3) is 0.422. The lowest BCUT2D eigenvalue weighted by Gasteiger charge is -2.32. The number of ether oxygens (including phenoxy) is 3. The molecule has 4 aliphatic rings. The summed E-state index contributed by atoms with van der Waals surface area (Å²) in [6, 6.07) is 18.7. The minimum absolute atomic E-state index is 0.0684. The van der Waals surface area contributed by atoms with Gasteiger partial charge in [-0.15, -0.1) is 0 Å². The van der Waals surface area contributed by atoms with Crippen molar-refractivity contribution in [3.63, 3.8) is 0 Å². The summed E-state index contributed by atoms with van der Waals surface area (Å²) >= 11 is 0. The molecule has 5 aromatic rings. The van der Waals surface area contributed by atoms with Crippen LogP contribution in [0.1, 0.15) is 63.3 Å². The van der Waals surface area contributed by atoms with Gasteiger partial charge in [-0.25, -0.2) is 19.6 Å². The summed E-state index contributed by atoms with van der Waals surface area (Å²) in [5.74, 6) is 1.66. The predicted molar refractivity (Wildman–Crippen MR) is 224 cm³/mol.